The Hall–Kier alpha value is -1.13. The van der Waals surface area contributed by atoms with Crippen LogP contribution in [0.4, 0.5) is 0 Å². The second-order valence-electron chi connectivity index (χ2n) is 4.58. The van der Waals surface area contributed by atoms with Gasteiger partial charge in [0, 0.05) is 6.20 Å². The fraction of sp³-hybridized carbons (Fsp3) is 0.222. The summed E-state index contributed by atoms with van der Waals surface area (Å²) in [5.41, 5.74) is 5.16. The molecular weight excluding hydrogens is 382 g/mol. The van der Waals surface area contributed by atoms with E-state index in [2.05, 4.69) is 43.7 Å². The SMILES string of the molecule is CC=[N-].Cc1cc(C)c(/[PH+]=C/c2ccccn2)c(C)c1.[CH3-].[Pd+2]. The van der Waals surface area contributed by atoms with Gasteiger partial charge in [0.2, 0.25) is 0 Å². The zero-order chi connectivity index (χ0) is 15.0. The largest absolute Gasteiger partial charge is 2.00 e. The smallest absolute Gasteiger partial charge is 0.814 e. The molecule has 2 aromatic rings. The fourth-order valence-corrected chi connectivity index (χ4v) is 3.08. The first-order valence-corrected chi connectivity index (χ1v) is 7.67. The molecule has 0 radical (unpaired) electrons. The Labute approximate surface area is 150 Å². The van der Waals surface area contributed by atoms with Crippen LogP contribution >= 0.6 is 8.20 Å². The molecule has 0 saturated heterocycles. The van der Waals surface area contributed by atoms with Crippen LogP contribution in [0.1, 0.15) is 29.3 Å². The van der Waals surface area contributed by atoms with Crippen molar-refractivity contribution in [2.45, 2.75) is 27.7 Å². The number of aryl methyl sites for hydroxylation is 3. The van der Waals surface area contributed by atoms with Crippen LogP contribution in [0.15, 0.2) is 36.5 Å². The van der Waals surface area contributed by atoms with Crippen LogP contribution in [0.25, 0.3) is 5.41 Å². The van der Waals surface area contributed by atoms with Crippen LogP contribution in [0.3, 0.4) is 0 Å². The summed E-state index contributed by atoms with van der Waals surface area (Å²) in [4.78, 5) is 4.32. The molecule has 0 bridgehead atoms. The minimum atomic E-state index is 0. The van der Waals surface area contributed by atoms with Gasteiger partial charge in [-0.15, -0.1) is 0 Å². The number of nitrogens with zero attached hydrogens (tertiary/aromatic N) is 2. The van der Waals surface area contributed by atoms with E-state index >= 15 is 0 Å². The minimum Gasteiger partial charge on any atom is -0.814 e. The summed E-state index contributed by atoms with van der Waals surface area (Å²) in [7, 11) is 0.688. The fourth-order valence-electron chi connectivity index (χ4n) is 2.02. The summed E-state index contributed by atoms with van der Waals surface area (Å²) in [5, 5.41) is 8.89. The number of hydrogen-bond acceptors (Lipinski definition) is 1. The van der Waals surface area contributed by atoms with Gasteiger partial charge >= 0.3 is 20.4 Å². The van der Waals surface area contributed by atoms with Crippen molar-refractivity contribution in [1.29, 1.82) is 0 Å². The van der Waals surface area contributed by atoms with E-state index in [0.29, 0.717) is 8.20 Å². The van der Waals surface area contributed by atoms with Crippen molar-refractivity contribution in [3.8, 4) is 0 Å². The number of hydrogen-bond donors (Lipinski definition) is 0. The van der Waals surface area contributed by atoms with E-state index < -0.39 is 0 Å². The number of pyridine rings is 1. The second-order valence-corrected chi connectivity index (χ2v) is 5.65. The topological polar surface area (TPSA) is 35.2 Å². The summed E-state index contributed by atoms with van der Waals surface area (Å²) in [5.74, 6) is 2.21. The van der Waals surface area contributed by atoms with Gasteiger partial charge in [-0.2, -0.15) is 0 Å². The maximum atomic E-state index is 7.44. The molecule has 0 amide bonds. The Kier molecular flexibility index (Phi) is 13.1. The molecule has 0 aliphatic heterocycles. The van der Waals surface area contributed by atoms with Gasteiger partial charge in [-0.1, -0.05) is 30.7 Å². The Balaban J connectivity index is 0. The summed E-state index contributed by atoms with van der Waals surface area (Å²) in [6.45, 7) is 8.08. The molecule has 4 heteroatoms. The molecule has 0 saturated carbocycles. The van der Waals surface area contributed by atoms with Crippen molar-refractivity contribution < 1.29 is 20.4 Å². The molecule has 1 aromatic heterocycles. The molecule has 1 heterocycles. The third kappa shape index (κ3) is 7.76. The number of aromatic nitrogens is 1. The zero-order valence-electron chi connectivity index (χ0n) is 13.8. The van der Waals surface area contributed by atoms with Crippen molar-refractivity contribution >= 4 is 25.5 Å². The van der Waals surface area contributed by atoms with E-state index in [1.807, 2.05) is 24.4 Å². The molecule has 1 aromatic carbocycles. The molecule has 0 aliphatic rings. The standard InChI is InChI=1S/C15H16NP.C2H4N.CH3.Pd/c1-11-8-12(2)15(13(3)9-11)17-10-14-6-4-5-7-16-14;1-2-3;;/h4-10H,1-3H3;2H,1H3;1H3;/q;2*-1;+2/p+1. The Morgan fingerprint density at radius 3 is 2.09 bits per heavy atom. The zero-order valence-corrected chi connectivity index (χ0v) is 16.4. The molecular formula is C18H24N2PPd+. The first kappa shape index (κ1) is 23.1. The van der Waals surface area contributed by atoms with Crippen molar-refractivity contribution in [2.24, 2.45) is 0 Å². The summed E-state index contributed by atoms with van der Waals surface area (Å²) in [6, 6.07) is 10.5. The molecule has 22 heavy (non-hydrogen) atoms. The third-order valence-corrected chi connectivity index (χ3v) is 4.25. The Morgan fingerprint density at radius 2 is 1.64 bits per heavy atom. The van der Waals surface area contributed by atoms with E-state index in [4.69, 9.17) is 5.41 Å². The quantitative estimate of drug-likeness (QED) is 0.318. The first-order valence-electron chi connectivity index (χ1n) is 6.59. The van der Waals surface area contributed by atoms with E-state index in [-0.39, 0.29) is 27.8 Å². The van der Waals surface area contributed by atoms with Crippen LogP contribution < -0.4 is 5.30 Å². The normalized spacial score (nSPS) is 9.09. The van der Waals surface area contributed by atoms with Crippen LogP contribution in [-0.4, -0.2) is 17.0 Å². The van der Waals surface area contributed by atoms with Gasteiger partial charge in [-0.05, 0) is 44.0 Å². The van der Waals surface area contributed by atoms with Gasteiger partial charge < -0.3 is 12.8 Å². The Bertz CT molecular complexity index is 572. The van der Waals surface area contributed by atoms with Gasteiger partial charge in [0.25, 0.3) is 0 Å². The second kappa shape index (κ2) is 12.4. The first-order chi connectivity index (χ1) is 9.58. The van der Waals surface area contributed by atoms with Gasteiger partial charge in [-0.25, -0.2) is 6.21 Å². The van der Waals surface area contributed by atoms with E-state index in [0.717, 1.165) is 11.9 Å². The summed E-state index contributed by atoms with van der Waals surface area (Å²) >= 11 is 0. The third-order valence-electron chi connectivity index (χ3n) is 2.73. The maximum Gasteiger partial charge on any atom is 2.00 e. The van der Waals surface area contributed by atoms with Crippen LogP contribution in [-0.2, 0) is 20.4 Å². The van der Waals surface area contributed by atoms with E-state index in [9.17, 15) is 0 Å². The van der Waals surface area contributed by atoms with Crippen molar-refractivity contribution in [3.05, 3.63) is 71.7 Å². The average molecular weight is 406 g/mol. The molecule has 0 N–H and O–H groups in total. The predicted molar refractivity (Wildman–Crippen MR) is 99.5 cm³/mol. The maximum absolute atomic E-state index is 7.44. The van der Waals surface area contributed by atoms with Gasteiger partial charge in [0.1, 0.15) is 19.7 Å². The molecule has 2 nitrogen and oxygen atoms in total. The predicted octanol–water partition coefficient (Wildman–Crippen LogP) is 4.26. The van der Waals surface area contributed by atoms with Crippen LogP contribution in [0.2, 0.25) is 0 Å². The average Bonchev–Trinajstić information content (AvgIpc) is 2.39. The van der Waals surface area contributed by atoms with Crippen molar-refractivity contribution in [3.63, 3.8) is 0 Å². The molecule has 120 valence electrons. The number of benzene rings is 1. The molecule has 1 atom stereocenters. The molecule has 0 spiro atoms. The number of rotatable bonds is 2. The van der Waals surface area contributed by atoms with Crippen molar-refractivity contribution in [1.82, 2.24) is 4.98 Å². The summed E-state index contributed by atoms with van der Waals surface area (Å²) < 4.78 is 0. The van der Waals surface area contributed by atoms with Crippen LogP contribution in [0, 0.1) is 28.2 Å². The van der Waals surface area contributed by atoms with Gasteiger partial charge in [-0.3, -0.25) is 4.98 Å². The van der Waals surface area contributed by atoms with E-state index in [1.54, 1.807) is 6.92 Å². The molecule has 0 fully saturated rings. The summed E-state index contributed by atoms with van der Waals surface area (Å²) in [6.07, 6.45) is 2.84. The Morgan fingerprint density at radius 1 is 1.09 bits per heavy atom. The van der Waals surface area contributed by atoms with Crippen LogP contribution in [0.5, 0.6) is 0 Å². The monoisotopic (exact) mass is 405 g/mol. The van der Waals surface area contributed by atoms with E-state index in [1.165, 1.54) is 22.0 Å². The molecule has 0 aliphatic carbocycles. The minimum absolute atomic E-state index is 0. The van der Waals surface area contributed by atoms with Crippen molar-refractivity contribution in [2.75, 3.05) is 0 Å². The van der Waals surface area contributed by atoms with Gasteiger partial charge in [0.05, 0.1) is 0 Å². The molecule has 2 rings (SSSR count). The van der Waals surface area contributed by atoms with Gasteiger partial charge in [0.15, 0.2) is 5.30 Å². The molecule has 1 unspecified atom stereocenters.